The first-order valence-corrected chi connectivity index (χ1v) is 9.44. The third kappa shape index (κ3) is 5.57. The molecular formula is C20H33IN4O. The van der Waals surface area contributed by atoms with E-state index in [2.05, 4.69) is 60.4 Å². The van der Waals surface area contributed by atoms with Crippen molar-refractivity contribution in [2.75, 3.05) is 46.9 Å². The monoisotopic (exact) mass is 472 g/mol. The summed E-state index contributed by atoms with van der Waals surface area (Å²) >= 11 is 0. The van der Waals surface area contributed by atoms with E-state index < -0.39 is 0 Å². The predicted molar refractivity (Wildman–Crippen MR) is 118 cm³/mol. The Morgan fingerprint density at radius 3 is 2.58 bits per heavy atom. The molecule has 1 aromatic carbocycles. The zero-order chi connectivity index (χ0) is 17.7. The minimum absolute atomic E-state index is 0. The van der Waals surface area contributed by atoms with Gasteiger partial charge in [-0.2, -0.15) is 0 Å². The summed E-state index contributed by atoms with van der Waals surface area (Å²) < 4.78 is 5.65. The number of halogens is 1. The lowest BCUT2D eigenvalue weighted by atomic mass is 9.87. The maximum atomic E-state index is 5.65. The molecule has 1 spiro atoms. The number of aliphatic imine (C=N–C) groups is 1. The van der Waals surface area contributed by atoms with Gasteiger partial charge in [0, 0.05) is 38.2 Å². The van der Waals surface area contributed by atoms with Crippen molar-refractivity contribution >= 4 is 29.9 Å². The number of guanidine groups is 1. The summed E-state index contributed by atoms with van der Waals surface area (Å²) in [6.07, 6.45) is 2.41. The number of rotatable bonds is 5. The smallest absolute Gasteiger partial charge is 0.194 e. The van der Waals surface area contributed by atoms with Crippen molar-refractivity contribution in [1.29, 1.82) is 0 Å². The van der Waals surface area contributed by atoms with Crippen LogP contribution in [0.25, 0.3) is 0 Å². The highest BCUT2D eigenvalue weighted by Gasteiger charge is 2.42. The summed E-state index contributed by atoms with van der Waals surface area (Å²) in [5.41, 5.74) is 2.97. The van der Waals surface area contributed by atoms with E-state index >= 15 is 0 Å². The fourth-order valence-electron chi connectivity index (χ4n) is 3.79. The van der Waals surface area contributed by atoms with Crippen molar-refractivity contribution in [3.63, 3.8) is 0 Å². The lowest BCUT2D eigenvalue weighted by Crippen LogP contribution is -2.41. The summed E-state index contributed by atoms with van der Waals surface area (Å²) in [5, 5.41) is 3.47. The molecule has 5 nitrogen and oxygen atoms in total. The maximum absolute atomic E-state index is 5.65. The standard InChI is InChI=1S/C20H32N4O.HI/c1-4-21-19(24-11-9-20(15-24)10-12-25-16-20)22-13-17-5-7-18(8-6-17)14-23(2)3;/h5-8H,4,9-16H2,1-3H3,(H,21,22);1H. The number of nitrogens with one attached hydrogen (secondary N) is 1. The lowest BCUT2D eigenvalue weighted by molar-refractivity contribution is 0.156. The van der Waals surface area contributed by atoms with Crippen LogP contribution in [0.1, 0.15) is 30.9 Å². The van der Waals surface area contributed by atoms with E-state index in [9.17, 15) is 0 Å². The molecule has 2 heterocycles. The lowest BCUT2D eigenvalue weighted by Gasteiger charge is -2.25. The quantitative estimate of drug-likeness (QED) is 0.407. The molecule has 0 aromatic heterocycles. The Bertz CT molecular complexity index is 582. The van der Waals surface area contributed by atoms with Gasteiger partial charge in [0.25, 0.3) is 0 Å². The topological polar surface area (TPSA) is 40.1 Å². The van der Waals surface area contributed by atoms with Gasteiger partial charge in [0.05, 0.1) is 13.2 Å². The molecule has 146 valence electrons. The molecular weight excluding hydrogens is 439 g/mol. The predicted octanol–water partition coefficient (Wildman–Crippen LogP) is 2.94. The summed E-state index contributed by atoms with van der Waals surface area (Å²) in [5.74, 6) is 1.05. The van der Waals surface area contributed by atoms with Gasteiger partial charge < -0.3 is 19.9 Å². The molecule has 1 unspecified atom stereocenters. The zero-order valence-corrected chi connectivity index (χ0v) is 18.7. The number of ether oxygens (including phenoxy) is 1. The normalized spacial score (nSPS) is 22.9. The molecule has 3 rings (SSSR count). The van der Waals surface area contributed by atoms with Crippen LogP contribution in [0.5, 0.6) is 0 Å². The number of likely N-dealkylation sites (tertiary alicyclic amines) is 1. The molecule has 0 radical (unpaired) electrons. The number of hydrogen-bond acceptors (Lipinski definition) is 3. The van der Waals surface area contributed by atoms with E-state index in [1.807, 2.05) is 0 Å². The van der Waals surface area contributed by atoms with Gasteiger partial charge in [0.1, 0.15) is 0 Å². The number of hydrogen-bond donors (Lipinski definition) is 1. The summed E-state index contributed by atoms with van der Waals surface area (Å²) in [7, 11) is 4.19. The fraction of sp³-hybridized carbons (Fsp3) is 0.650. The molecule has 0 amide bonds. The molecule has 26 heavy (non-hydrogen) atoms. The third-order valence-electron chi connectivity index (χ3n) is 5.19. The summed E-state index contributed by atoms with van der Waals surface area (Å²) in [6, 6.07) is 8.81. The van der Waals surface area contributed by atoms with Crippen molar-refractivity contribution in [3.05, 3.63) is 35.4 Å². The van der Waals surface area contributed by atoms with E-state index in [4.69, 9.17) is 9.73 Å². The highest BCUT2D eigenvalue weighted by Crippen LogP contribution is 2.38. The molecule has 2 aliphatic heterocycles. The first-order chi connectivity index (χ1) is 12.1. The molecule has 6 heteroatoms. The average molecular weight is 472 g/mol. The van der Waals surface area contributed by atoms with Gasteiger partial charge in [-0.3, -0.25) is 0 Å². The van der Waals surface area contributed by atoms with E-state index in [1.165, 1.54) is 24.0 Å². The van der Waals surface area contributed by atoms with Gasteiger partial charge in [-0.1, -0.05) is 24.3 Å². The maximum Gasteiger partial charge on any atom is 0.194 e. The Morgan fingerprint density at radius 2 is 1.96 bits per heavy atom. The van der Waals surface area contributed by atoms with Gasteiger partial charge in [0.15, 0.2) is 5.96 Å². The second kappa shape index (κ2) is 9.90. The molecule has 1 atom stereocenters. The van der Waals surface area contributed by atoms with Crippen LogP contribution in [0, 0.1) is 5.41 Å². The molecule has 1 N–H and O–H groups in total. The largest absolute Gasteiger partial charge is 0.381 e. The average Bonchev–Trinajstić information content (AvgIpc) is 3.23. The van der Waals surface area contributed by atoms with E-state index in [0.29, 0.717) is 5.41 Å². The van der Waals surface area contributed by atoms with Gasteiger partial charge in [-0.05, 0) is 45.0 Å². The van der Waals surface area contributed by atoms with E-state index in [1.54, 1.807) is 0 Å². The van der Waals surface area contributed by atoms with Gasteiger partial charge in [-0.15, -0.1) is 24.0 Å². The fourth-order valence-corrected chi connectivity index (χ4v) is 3.79. The SMILES string of the molecule is CCNC(=NCc1ccc(CN(C)C)cc1)N1CCC2(CCOC2)C1.I. The number of benzene rings is 1. The van der Waals surface area contributed by atoms with Crippen LogP contribution in [0.2, 0.25) is 0 Å². The molecule has 2 fully saturated rings. The van der Waals surface area contributed by atoms with Crippen LogP contribution in [-0.2, 0) is 17.8 Å². The molecule has 0 bridgehead atoms. The molecule has 2 aliphatic rings. The van der Waals surface area contributed by atoms with Crippen LogP contribution in [-0.4, -0.2) is 62.7 Å². The van der Waals surface area contributed by atoms with Crippen molar-refractivity contribution in [2.24, 2.45) is 10.4 Å². The van der Waals surface area contributed by atoms with Crippen molar-refractivity contribution in [2.45, 2.75) is 32.9 Å². The second-order valence-corrected chi connectivity index (χ2v) is 7.70. The first kappa shape index (κ1) is 21.4. The van der Waals surface area contributed by atoms with E-state index in [0.717, 1.165) is 51.9 Å². The zero-order valence-electron chi connectivity index (χ0n) is 16.3. The Labute approximate surface area is 175 Å². The third-order valence-corrected chi connectivity index (χ3v) is 5.19. The Kier molecular flexibility index (Phi) is 8.16. The minimum atomic E-state index is 0. The molecule has 2 saturated heterocycles. The van der Waals surface area contributed by atoms with Gasteiger partial charge in [0.2, 0.25) is 0 Å². The molecule has 1 aromatic rings. The van der Waals surface area contributed by atoms with Crippen LogP contribution in [0.3, 0.4) is 0 Å². The van der Waals surface area contributed by atoms with Crippen LogP contribution in [0.4, 0.5) is 0 Å². The molecule has 0 aliphatic carbocycles. The van der Waals surface area contributed by atoms with Crippen LogP contribution < -0.4 is 5.32 Å². The highest BCUT2D eigenvalue weighted by atomic mass is 127. The van der Waals surface area contributed by atoms with Gasteiger partial charge in [-0.25, -0.2) is 4.99 Å². The second-order valence-electron chi connectivity index (χ2n) is 7.70. The van der Waals surface area contributed by atoms with Gasteiger partial charge >= 0.3 is 0 Å². The Balaban J connectivity index is 0.00000243. The minimum Gasteiger partial charge on any atom is -0.381 e. The van der Waals surface area contributed by atoms with Crippen molar-refractivity contribution in [3.8, 4) is 0 Å². The highest BCUT2D eigenvalue weighted by molar-refractivity contribution is 14.0. The summed E-state index contributed by atoms with van der Waals surface area (Å²) in [6.45, 7) is 8.72. The van der Waals surface area contributed by atoms with E-state index in [-0.39, 0.29) is 24.0 Å². The van der Waals surface area contributed by atoms with Crippen LogP contribution >= 0.6 is 24.0 Å². The van der Waals surface area contributed by atoms with Crippen molar-refractivity contribution < 1.29 is 4.74 Å². The summed E-state index contributed by atoms with van der Waals surface area (Å²) in [4.78, 5) is 9.49. The molecule has 0 saturated carbocycles. The Morgan fingerprint density at radius 1 is 1.23 bits per heavy atom. The van der Waals surface area contributed by atoms with Crippen molar-refractivity contribution in [1.82, 2.24) is 15.1 Å². The number of nitrogens with zero attached hydrogens (tertiary/aromatic N) is 3. The Hall–Kier alpha value is -0.860. The first-order valence-electron chi connectivity index (χ1n) is 9.44. The van der Waals surface area contributed by atoms with Crippen LogP contribution in [0.15, 0.2) is 29.3 Å².